The summed E-state index contributed by atoms with van der Waals surface area (Å²) in [6, 6.07) is 0. The van der Waals surface area contributed by atoms with Crippen LogP contribution in [0.4, 0.5) is 0 Å². The predicted molar refractivity (Wildman–Crippen MR) is 116 cm³/mol. The van der Waals surface area contributed by atoms with Gasteiger partial charge in [0.2, 0.25) is 15.0 Å². The maximum atomic E-state index is 13.0. The summed E-state index contributed by atoms with van der Waals surface area (Å²) in [5.41, 5.74) is 2.11. The summed E-state index contributed by atoms with van der Waals surface area (Å²) in [5, 5.41) is 4.48. The Morgan fingerprint density at radius 2 is 1.90 bits per heavy atom. The van der Waals surface area contributed by atoms with E-state index in [4.69, 9.17) is 0 Å². The Bertz CT molecular complexity index is 854. The monoisotopic (exact) mass is 423 g/mol. The van der Waals surface area contributed by atoms with E-state index in [1.807, 2.05) is 24.0 Å². The molecule has 0 aliphatic heterocycles. The third kappa shape index (κ3) is 6.96. The molecule has 0 saturated carbocycles. The van der Waals surface area contributed by atoms with E-state index in [1.54, 1.807) is 10.9 Å². The van der Waals surface area contributed by atoms with Crippen LogP contribution in [0.3, 0.4) is 0 Å². The van der Waals surface area contributed by atoms with E-state index in [9.17, 15) is 8.42 Å². The van der Waals surface area contributed by atoms with Crippen LogP contribution in [0.5, 0.6) is 0 Å². The highest BCUT2D eigenvalue weighted by Gasteiger charge is 2.23. The van der Waals surface area contributed by atoms with Gasteiger partial charge < -0.3 is 4.57 Å². The minimum absolute atomic E-state index is 0.168. The zero-order chi connectivity index (χ0) is 21.4. The summed E-state index contributed by atoms with van der Waals surface area (Å²) < 4.78 is 29.6. The number of unbranched alkanes of at least 4 members (excludes halogenated alkanes) is 1. The first-order valence-corrected chi connectivity index (χ1v) is 12.4. The molecule has 2 heterocycles. The Balaban J connectivity index is 2.20. The molecule has 0 radical (unpaired) electrons. The maximum Gasteiger partial charge on any atom is 0.227 e. The van der Waals surface area contributed by atoms with Gasteiger partial charge in [0.15, 0.2) is 0 Å². The van der Waals surface area contributed by atoms with E-state index in [1.165, 1.54) is 0 Å². The molecule has 0 aromatic carbocycles. The van der Waals surface area contributed by atoms with Crippen LogP contribution < -0.4 is 0 Å². The van der Waals surface area contributed by atoms with E-state index in [0.29, 0.717) is 25.4 Å². The molecule has 2 aromatic heterocycles. The molecule has 0 N–H and O–H groups in total. The smallest absolute Gasteiger partial charge is 0.227 e. The van der Waals surface area contributed by atoms with Gasteiger partial charge in [-0.05, 0) is 31.7 Å². The number of aromatic nitrogens is 4. The molecule has 164 valence electrons. The predicted octanol–water partition coefficient (Wildman–Crippen LogP) is 3.65. The van der Waals surface area contributed by atoms with Crippen LogP contribution in [0.1, 0.15) is 64.6 Å². The number of rotatable bonds is 13. The standard InChI is InChI=1S/C21H37N5O2S/c1-6-8-11-26-20(17-25(7-2)16-19-13-23-24(5)15-19)14-22-21(26)29(27,28)12-9-10-18(3)4/h13-15,18H,6-12,16-17H2,1-5H3. The van der Waals surface area contributed by atoms with E-state index >= 15 is 0 Å². The van der Waals surface area contributed by atoms with Crippen molar-refractivity contribution in [2.24, 2.45) is 13.0 Å². The van der Waals surface area contributed by atoms with Crippen LogP contribution in [-0.2, 0) is 36.5 Å². The molecule has 8 heteroatoms. The maximum absolute atomic E-state index is 13.0. The second-order valence-electron chi connectivity index (χ2n) is 8.22. The van der Waals surface area contributed by atoms with Crippen LogP contribution in [0.15, 0.2) is 23.7 Å². The van der Waals surface area contributed by atoms with Crippen LogP contribution in [-0.4, -0.2) is 44.9 Å². The van der Waals surface area contributed by atoms with Gasteiger partial charge in [0.1, 0.15) is 0 Å². The molecule has 0 spiro atoms. The van der Waals surface area contributed by atoms with Crippen molar-refractivity contribution in [1.82, 2.24) is 24.2 Å². The third-order valence-corrected chi connectivity index (χ3v) is 6.82. The van der Waals surface area contributed by atoms with E-state index in [0.717, 1.165) is 43.6 Å². The molecule has 7 nitrogen and oxygen atoms in total. The molecule has 0 saturated heterocycles. The Morgan fingerprint density at radius 3 is 2.48 bits per heavy atom. The number of aryl methyl sites for hydroxylation is 1. The summed E-state index contributed by atoms with van der Waals surface area (Å²) in [6.45, 7) is 11.5. The number of imidazole rings is 1. The van der Waals surface area contributed by atoms with Gasteiger partial charge in [0, 0.05) is 38.4 Å². The van der Waals surface area contributed by atoms with Gasteiger partial charge in [0.05, 0.1) is 23.8 Å². The van der Waals surface area contributed by atoms with Gasteiger partial charge in [-0.3, -0.25) is 9.58 Å². The van der Waals surface area contributed by atoms with Gasteiger partial charge in [-0.25, -0.2) is 13.4 Å². The molecule has 2 aromatic rings. The molecule has 0 amide bonds. The quantitative estimate of drug-likeness (QED) is 0.492. The van der Waals surface area contributed by atoms with Crippen molar-refractivity contribution in [3.63, 3.8) is 0 Å². The summed E-state index contributed by atoms with van der Waals surface area (Å²) in [7, 11) is -1.46. The molecular formula is C21H37N5O2S. The Morgan fingerprint density at radius 1 is 1.14 bits per heavy atom. The van der Waals surface area contributed by atoms with Crippen molar-refractivity contribution < 1.29 is 8.42 Å². The molecule has 29 heavy (non-hydrogen) atoms. The summed E-state index contributed by atoms with van der Waals surface area (Å²) >= 11 is 0. The van der Waals surface area contributed by atoms with Gasteiger partial charge >= 0.3 is 0 Å². The average molecular weight is 424 g/mol. The zero-order valence-corrected chi connectivity index (χ0v) is 19.5. The Hall–Kier alpha value is -1.67. The largest absolute Gasteiger partial charge is 0.318 e. The zero-order valence-electron chi connectivity index (χ0n) is 18.6. The van der Waals surface area contributed by atoms with Crippen LogP contribution in [0.2, 0.25) is 0 Å². The molecule has 0 bridgehead atoms. The number of hydrogen-bond acceptors (Lipinski definition) is 5. The molecule has 0 aliphatic carbocycles. The molecule has 0 aliphatic rings. The Labute approximate surface area is 176 Å². The summed E-state index contributed by atoms with van der Waals surface area (Å²) in [4.78, 5) is 6.65. The fourth-order valence-electron chi connectivity index (χ4n) is 3.42. The minimum atomic E-state index is -3.37. The van der Waals surface area contributed by atoms with Crippen LogP contribution in [0, 0.1) is 5.92 Å². The van der Waals surface area contributed by atoms with E-state index in [-0.39, 0.29) is 10.9 Å². The molecule has 0 atom stereocenters. The van der Waals surface area contributed by atoms with E-state index in [2.05, 4.69) is 42.7 Å². The molecular weight excluding hydrogens is 386 g/mol. The highest BCUT2D eigenvalue weighted by molar-refractivity contribution is 7.91. The second-order valence-corrected chi connectivity index (χ2v) is 10.2. The first-order chi connectivity index (χ1) is 13.8. The normalized spacial score (nSPS) is 12.4. The van der Waals surface area contributed by atoms with Gasteiger partial charge in [0.25, 0.3) is 0 Å². The highest BCUT2D eigenvalue weighted by Crippen LogP contribution is 2.19. The number of hydrogen-bond donors (Lipinski definition) is 0. The fraction of sp³-hybridized carbons (Fsp3) is 0.714. The van der Waals surface area contributed by atoms with Crippen molar-refractivity contribution in [2.75, 3.05) is 12.3 Å². The lowest BCUT2D eigenvalue weighted by atomic mass is 10.1. The lowest BCUT2D eigenvalue weighted by molar-refractivity contribution is 0.262. The van der Waals surface area contributed by atoms with Gasteiger partial charge in [-0.15, -0.1) is 0 Å². The minimum Gasteiger partial charge on any atom is -0.318 e. The molecule has 0 unspecified atom stereocenters. The van der Waals surface area contributed by atoms with Gasteiger partial charge in [-0.1, -0.05) is 34.1 Å². The highest BCUT2D eigenvalue weighted by atomic mass is 32.2. The Kier molecular flexibility index (Phi) is 8.89. The van der Waals surface area contributed by atoms with E-state index < -0.39 is 9.84 Å². The summed E-state index contributed by atoms with van der Waals surface area (Å²) in [5.74, 6) is 0.673. The lowest BCUT2D eigenvalue weighted by Crippen LogP contribution is -2.25. The number of sulfone groups is 1. The van der Waals surface area contributed by atoms with Crippen molar-refractivity contribution in [1.29, 1.82) is 0 Å². The molecule has 0 fully saturated rings. The van der Waals surface area contributed by atoms with Gasteiger partial charge in [-0.2, -0.15) is 5.10 Å². The first-order valence-electron chi connectivity index (χ1n) is 10.7. The first kappa shape index (κ1) is 23.6. The number of nitrogens with zero attached hydrogens (tertiary/aromatic N) is 5. The SMILES string of the molecule is CCCCn1c(CN(CC)Cc2cnn(C)c2)cnc1S(=O)(=O)CCCC(C)C. The second kappa shape index (κ2) is 10.9. The van der Waals surface area contributed by atoms with Crippen molar-refractivity contribution in [3.05, 3.63) is 29.8 Å². The van der Waals surface area contributed by atoms with Crippen LogP contribution in [0.25, 0.3) is 0 Å². The van der Waals surface area contributed by atoms with Crippen molar-refractivity contribution in [3.8, 4) is 0 Å². The topological polar surface area (TPSA) is 73.0 Å². The van der Waals surface area contributed by atoms with Crippen LogP contribution >= 0.6 is 0 Å². The average Bonchev–Trinajstić information content (AvgIpc) is 3.25. The molecule has 2 rings (SSSR count). The third-order valence-electron chi connectivity index (χ3n) is 5.11. The fourth-order valence-corrected chi connectivity index (χ4v) is 4.90. The summed E-state index contributed by atoms with van der Waals surface area (Å²) in [6.07, 6.45) is 9.18. The van der Waals surface area contributed by atoms with Crippen molar-refractivity contribution in [2.45, 2.75) is 78.2 Å². The lowest BCUT2D eigenvalue weighted by Gasteiger charge is -2.21. The van der Waals surface area contributed by atoms with Crippen molar-refractivity contribution >= 4 is 9.84 Å².